The van der Waals surface area contributed by atoms with Gasteiger partial charge in [-0.25, -0.2) is 4.98 Å². The highest BCUT2D eigenvalue weighted by Gasteiger charge is 2.28. The number of hydrogen-bond acceptors (Lipinski definition) is 4. The minimum Gasteiger partial charge on any atom is -0.472 e. The van der Waals surface area contributed by atoms with E-state index in [9.17, 15) is 9.59 Å². The molecule has 1 aromatic carbocycles. The Morgan fingerprint density at radius 3 is 2.60 bits per heavy atom. The molecular formula is C19H21N3O3. The van der Waals surface area contributed by atoms with Gasteiger partial charge in [0.05, 0.1) is 6.54 Å². The number of nitrogens with zero attached hydrogens (tertiary/aromatic N) is 2. The molecule has 0 radical (unpaired) electrons. The van der Waals surface area contributed by atoms with Crippen LogP contribution in [0.3, 0.4) is 0 Å². The normalized spacial score (nSPS) is 16.6. The lowest BCUT2D eigenvalue weighted by Crippen LogP contribution is -2.31. The Balaban J connectivity index is 1.58. The number of aryl methyl sites for hydroxylation is 1. The van der Waals surface area contributed by atoms with Gasteiger partial charge in [-0.1, -0.05) is 6.07 Å². The van der Waals surface area contributed by atoms with Crippen molar-refractivity contribution in [2.24, 2.45) is 0 Å². The Morgan fingerprint density at radius 1 is 1.20 bits per heavy atom. The van der Waals surface area contributed by atoms with E-state index in [2.05, 4.69) is 10.3 Å². The number of benzene rings is 1. The summed E-state index contributed by atoms with van der Waals surface area (Å²) in [7, 11) is 0. The van der Waals surface area contributed by atoms with Gasteiger partial charge in [-0.05, 0) is 36.8 Å². The standard InChI is InChI=1S/C19H21N3O3/c1-13-3-8-18(20-11-13)25-17-9-10-22(12-17)19(24)15-4-6-16(7-5-15)21-14(2)23/h3-8,11,17H,9-10,12H2,1-2H3,(H,21,23). The van der Waals surface area contributed by atoms with Crippen LogP contribution >= 0.6 is 0 Å². The molecule has 2 aromatic rings. The SMILES string of the molecule is CC(=O)Nc1ccc(C(=O)N2CCC(Oc3ccc(C)cn3)C2)cc1. The van der Waals surface area contributed by atoms with E-state index in [1.54, 1.807) is 35.4 Å². The van der Waals surface area contributed by atoms with Crippen molar-refractivity contribution in [3.05, 3.63) is 53.7 Å². The molecule has 6 nitrogen and oxygen atoms in total. The van der Waals surface area contributed by atoms with Crippen LogP contribution in [0.15, 0.2) is 42.6 Å². The number of ether oxygens (including phenoxy) is 1. The summed E-state index contributed by atoms with van der Waals surface area (Å²) in [6.07, 6.45) is 2.51. The first-order valence-corrected chi connectivity index (χ1v) is 8.27. The van der Waals surface area contributed by atoms with E-state index in [1.165, 1.54) is 6.92 Å². The number of pyridine rings is 1. The second kappa shape index (κ2) is 7.34. The monoisotopic (exact) mass is 339 g/mol. The van der Waals surface area contributed by atoms with Crippen molar-refractivity contribution < 1.29 is 14.3 Å². The fourth-order valence-corrected chi connectivity index (χ4v) is 2.79. The van der Waals surface area contributed by atoms with Gasteiger partial charge in [0, 0.05) is 43.4 Å². The average Bonchev–Trinajstić information content (AvgIpc) is 3.05. The topological polar surface area (TPSA) is 71.5 Å². The highest BCUT2D eigenvalue weighted by molar-refractivity contribution is 5.95. The first-order valence-electron chi connectivity index (χ1n) is 8.27. The van der Waals surface area contributed by atoms with Gasteiger partial charge in [0.1, 0.15) is 6.10 Å². The van der Waals surface area contributed by atoms with Gasteiger partial charge in [0.25, 0.3) is 5.91 Å². The van der Waals surface area contributed by atoms with Crippen molar-refractivity contribution in [3.63, 3.8) is 0 Å². The van der Waals surface area contributed by atoms with E-state index < -0.39 is 0 Å². The van der Waals surface area contributed by atoms with E-state index in [1.807, 2.05) is 19.1 Å². The zero-order chi connectivity index (χ0) is 17.8. The number of rotatable bonds is 4. The predicted octanol–water partition coefficient (Wildman–Crippen LogP) is 2.64. The number of likely N-dealkylation sites (tertiary alicyclic amines) is 1. The molecule has 25 heavy (non-hydrogen) atoms. The highest BCUT2D eigenvalue weighted by atomic mass is 16.5. The van der Waals surface area contributed by atoms with Crippen molar-refractivity contribution in [2.75, 3.05) is 18.4 Å². The van der Waals surface area contributed by atoms with Crippen LogP contribution in [0, 0.1) is 6.92 Å². The van der Waals surface area contributed by atoms with Crippen LogP contribution in [0.1, 0.15) is 29.3 Å². The summed E-state index contributed by atoms with van der Waals surface area (Å²) in [6, 6.07) is 10.7. The fraction of sp³-hybridized carbons (Fsp3) is 0.316. The number of carbonyl (C=O) groups excluding carboxylic acids is 2. The molecule has 1 saturated heterocycles. The Labute approximate surface area is 146 Å². The second-order valence-corrected chi connectivity index (χ2v) is 6.21. The van der Waals surface area contributed by atoms with E-state index in [-0.39, 0.29) is 17.9 Å². The summed E-state index contributed by atoms with van der Waals surface area (Å²) in [5.41, 5.74) is 2.36. The zero-order valence-electron chi connectivity index (χ0n) is 14.4. The van der Waals surface area contributed by atoms with Gasteiger partial charge in [-0.15, -0.1) is 0 Å². The van der Waals surface area contributed by atoms with Crippen LogP contribution in [-0.4, -0.2) is 40.9 Å². The van der Waals surface area contributed by atoms with Gasteiger partial charge >= 0.3 is 0 Å². The number of amides is 2. The van der Waals surface area contributed by atoms with Crippen molar-refractivity contribution in [3.8, 4) is 5.88 Å². The van der Waals surface area contributed by atoms with Crippen LogP contribution in [0.25, 0.3) is 0 Å². The highest BCUT2D eigenvalue weighted by Crippen LogP contribution is 2.19. The third-order valence-corrected chi connectivity index (χ3v) is 4.06. The number of hydrogen-bond donors (Lipinski definition) is 1. The molecule has 1 unspecified atom stereocenters. The first kappa shape index (κ1) is 17.0. The van der Waals surface area contributed by atoms with Crippen LogP contribution in [0.4, 0.5) is 5.69 Å². The number of nitrogens with one attached hydrogen (secondary N) is 1. The molecule has 1 atom stereocenters. The van der Waals surface area contributed by atoms with Crippen LogP contribution in [0.2, 0.25) is 0 Å². The Kier molecular flexibility index (Phi) is 4.97. The van der Waals surface area contributed by atoms with Crippen LogP contribution in [0.5, 0.6) is 5.88 Å². The number of anilines is 1. The molecule has 1 aliphatic heterocycles. The quantitative estimate of drug-likeness (QED) is 0.929. The molecular weight excluding hydrogens is 318 g/mol. The maximum Gasteiger partial charge on any atom is 0.253 e. The zero-order valence-corrected chi connectivity index (χ0v) is 14.4. The molecule has 0 bridgehead atoms. The van der Waals surface area contributed by atoms with Gasteiger partial charge in [-0.3, -0.25) is 9.59 Å². The van der Waals surface area contributed by atoms with Crippen molar-refractivity contribution >= 4 is 17.5 Å². The number of aromatic nitrogens is 1. The Hall–Kier alpha value is -2.89. The van der Waals surface area contributed by atoms with Gasteiger partial charge < -0.3 is 15.0 Å². The maximum atomic E-state index is 12.6. The summed E-state index contributed by atoms with van der Waals surface area (Å²) >= 11 is 0. The molecule has 1 fully saturated rings. The lowest BCUT2D eigenvalue weighted by Gasteiger charge is -2.17. The Bertz CT molecular complexity index is 756. The van der Waals surface area contributed by atoms with Gasteiger partial charge in [0.15, 0.2) is 0 Å². The fourth-order valence-electron chi connectivity index (χ4n) is 2.79. The summed E-state index contributed by atoms with van der Waals surface area (Å²) < 4.78 is 5.86. The largest absolute Gasteiger partial charge is 0.472 e. The predicted molar refractivity (Wildman–Crippen MR) is 94.7 cm³/mol. The molecule has 1 aromatic heterocycles. The van der Waals surface area contributed by atoms with Crippen molar-refractivity contribution in [1.82, 2.24) is 9.88 Å². The summed E-state index contributed by atoms with van der Waals surface area (Å²) in [5.74, 6) is 0.422. The summed E-state index contributed by atoms with van der Waals surface area (Å²) in [6.45, 7) is 4.63. The van der Waals surface area contributed by atoms with Gasteiger partial charge in [0.2, 0.25) is 11.8 Å². The summed E-state index contributed by atoms with van der Waals surface area (Å²) in [4.78, 5) is 29.7. The second-order valence-electron chi connectivity index (χ2n) is 6.21. The number of carbonyl (C=O) groups is 2. The third kappa shape index (κ3) is 4.35. The first-order chi connectivity index (χ1) is 12.0. The molecule has 0 aliphatic carbocycles. The maximum absolute atomic E-state index is 12.6. The molecule has 2 amide bonds. The van der Waals surface area contributed by atoms with Gasteiger partial charge in [-0.2, -0.15) is 0 Å². The van der Waals surface area contributed by atoms with E-state index >= 15 is 0 Å². The molecule has 130 valence electrons. The van der Waals surface area contributed by atoms with E-state index in [0.717, 1.165) is 12.0 Å². The molecule has 1 N–H and O–H groups in total. The minimum absolute atomic E-state index is 0.0302. The molecule has 0 saturated carbocycles. The third-order valence-electron chi connectivity index (χ3n) is 4.06. The lowest BCUT2D eigenvalue weighted by atomic mass is 10.2. The molecule has 1 aliphatic rings. The molecule has 2 heterocycles. The van der Waals surface area contributed by atoms with Crippen molar-refractivity contribution in [2.45, 2.75) is 26.4 Å². The van der Waals surface area contributed by atoms with Crippen molar-refractivity contribution in [1.29, 1.82) is 0 Å². The summed E-state index contributed by atoms with van der Waals surface area (Å²) in [5, 5.41) is 2.69. The van der Waals surface area contributed by atoms with Crippen LogP contribution in [-0.2, 0) is 4.79 Å². The average molecular weight is 339 g/mol. The molecule has 0 spiro atoms. The van der Waals surface area contributed by atoms with Crippen LogP contribution < -0.4 is 10.1 Å². The van der Waals surface area contributed by atoms with E-state index in [0.29, 0.717) is 30.2 Å². The lowest BCUT2D eigenvalue weighted by molar-refractivity contribution is -0.114. The Morgan fingerprint density at radius 2 is 1.96 bits per heavy atom. The smallest absolute Gasteiger partial charge is 0.253 e. The minimum atomic E-state index is -0.136. The molecule has 3 rings (SSSR count). The molecule has 6 heteroatoms. The van der Waals surface area contributed by atoms with E-state index in [4.69, 9.17) is 4.74 Å².